The summed E-state index contributed by atoms with van der Waals surface area (Å²) in [5.41, 5.74) is 4.32. The molecule has 0 fully saturated rings. The largest absolute Gasteiger partial charge is 0.433 e. The number of hydrogen-bond donors (Lipinski definition) is 0. The maximum atomic E-state index is 7.71. The minimum atomic E-state index is -3.06. The molecule has 0 spiro atoms. The molecule has 0 radical (unpaired) electrons. The lowest BCUT2D eigenvalue weighted by Gasteiger charge is -2.50. The van der Waals surface area contributed by atoms with Crippen LogP contribution in [-0.2, 0) is 16.5 Å². The Bertz CT molecular complexity index is 1060. The molecule has 2 aliphatic rings. The van der Waals surface area contributed by atoms with E-state index in [-0.39, 0.29) is 11.1 Å². The molecule has 3 unspecified atom stereocenters. The van der Waals surface area contributed by atoms with E-state index in [1.54, 1.807) is 0 Å². The van der Waals surface area contributed by atoms with Crippen molar-refractivity contribution in [3.8, 4) is 0 Å². The molecule has 2 aliphatic carbocycles. The minimum absolute atomic E-state index is 0.157. The molecule has 0 saturated carbocycles. The van der Waals surface area contributed by atoms with Gasteiger partial charge in [0.1, 0.15) is 0 Å². The third kappa shape index (κ3) is 7.83. The first kappa shape index (κ1) is 31.1. The summed E-state index contributed by atoms with van der Waals surface area (Å²) in [7, 11) is -13.0. The van der Waals surface area contributed by atoms with Crippen LogP contribution in [0.3, 0.4) is 0 Å². The molecule has 3 rings (SSSR count). The van der Waals surface area contributed by atoms with E-state index >= 15 is 0 Å². The van der Waals surface area contributed by atoms with Crippen LogP contribution in [0.5, 0.6) is 0 Å². The van der Waals surface area contributed by atoms with E-state index in [9.17, 15) is 0 Å². The average molecular weight is 599 g/mol. The standard InChI is InChI=1S/C29H46O4Si5/c1-10-34(3,4)30-36(7,8)32-37(9,27-21-15-12-16-22-27)33-38(31-35(5,6)11-2,28-23-17-13-18-24-28)29-25-19-14-20-26-29/h10-23,25,28-29H,1-2,24,26H2,3-9H3. The van der Waals surface area contributed by atoms with Crippen LogP contribution in [0, 0.1) is 0 Å². The molecule has 0 saturated heterocycles. The Hall–Kier alpha value is -1.42. The first-order chi connectivity index (χ1) is 17.8. The van der Waals surface area contributed by atoms with Crippen molar-refractivity contribution in [1.82, 2.24) is 0 Å². The van der Waals surface area contributed by atoms with Gasteiger partial charge in [-0.15, -0.1) is 13.2 Å². The summed E-state index contributed by atoms with van der Waals surface area (Å²) < 4.78 is 29.0. The molecule has 0 N–H and O–H groups in total. The van der Waals surface area contributed by atoms with Gasteiger partial charge >= 0.3 is 25.7 Å². The van der Waals surface area contributed by atoms with Crippen LogP contribution in [0.1, 0.15) is 12.8 Å². The zero-order chi connectivity index (χ0) is 28.1. The predicted molar refractivity (Wildman–Crippen MR) is 174 cm³/mol. The van der Waals surface area contributed by atoms with E-state index in [0.29, 0.717) is 0 Å². The Balaban J connectivity index is 2.19. The van der Waals surface area contributed by atoms with Gasteiger partial charge in [-0.3, -0.25) is 0 Å². The molecule has 38 heavy (non-hydrogen) atoms. The molecule has 9 heteroatoms. The highest BCUT2D eigenvalue weighted by Crippen LogP contribution is 2.47. The molecular formula is C29H46O4Si5. The number of allylic oxidation sites excluding steroid dienone is 8. The van der Waals surface area contributed by atoms with Gasteiger partial charge in [-0.25, -0.2) is 0 Å². The average Bonchev–Trinajstić information content (AvgIpc) is 2.88. The summed E-state index contributed by atoms with van der Waals surface area (Å²) in [6.07, 6.45) is 19.4. The lowest BCUT2D eigenvalue weighted by molar-refractivity contribution is 0.285. The van der Waals surface area contributed by atoms with Gasteiger partial charge in [0.05, 0.1) is 0 Å². The van der Waals surface area contributed by atoms with Gasteiger partial charge in [0.15, 0.2) is 16.6 Å². The predicted octanol–water partition coefficient (Wildman–Crippen LogP) is 7.81. The van der Waals surface area contributed by atoms with Crippen LogP contribution in [0.15, 0.2) is 103 Å². The summed E-state index contributed by atoms with van der Waals surface area (Å²) in [6.45, 7) is 23.5. The third-order valence-corrected chi connectivity index (χ3v) is 27.1. The summed E-state index contributed by atoms with van der Waals surface area (Å²) in [5.74, 6) is 0. The first-order valence-corrected chi connectivity index (χ1v) is 26.6. The van der Waals surface area contributed by atoms with Crippen LogP contribution in [0.4, 0.5) is 0 Å². The fourth-order valence-corrected chi connectivity index (χ4v) is 28.4. The van der Waals surface area contributed by atoms with E-state index in [0.717, 1.165) is 18.0 Å². The molecule has 0 heterocycles. The van der Waals surface area contributed by atoms with Crippen molar-refractivity contribution in [2.45, 2.75) is 69.8 Å². The molecule has 1 aromatic rings. The molecule has 206 valence electrons. The fourth-order valence-electron chi connectivity index (χ4n) is 5.16. The van der Waals surface area contributed by atoms with E-state index in [1.807, 2.05) is 17.5 Å². The molecule has 4 nitrogen and oxygen atoms in total. The number of benzene rings is 1. The van der Waals surface area contributed by atoms with Gasteiger partial charge in [-0.1, -0.05) is 90.3 Å². The Morgan fingerprint density at radius 3 is 1.61 bits per heavy atom. The zero-order valence-electron chi connectivity index (χ0n) is 24.3. The minimum Gasteiger partial charge on any atom is -0.433 e. The van der Waals surface area contributed by atoms with Crippen LogP contribution < -0.4 is 5.19 Å². The monoisotopic (exact) mass is 598 g/mol. The SMILES string of the molecule is C=C[Si](C)(C)O[Si](C)(C)O[Si](C)(O[Si](O[Si](C)(C)C=C)(C1C=CC=CC1)C1C=CC=CC1)c1ccccc1. The van der Waals surface area contributed by atoms with Gasteiger partial charge in [0, 0.05) is 11.1 Å². The second-order valence-corrected chi connectivity index (χ2v) is 30.5. The highest BCUT2D eigenvalue weighted by molar-refractivity contribution is 6.97. The smallest absolute Gasteiger partial charge is 0.351 e. The van der Waals surface area contributed by atoms with Crippen LogP contribution in [0.25, 0.3) is 0 Å². The third-order valence-electron chi connectivity index (χ3n) is 7.00. The quantitative estimate of drug-likeness (QED) is 0.217. The summed E-state index contributed by atoms with van der Waals surface area (Å²) >= 11 is 0. The molecular weight excluding hydrogens is 553 g/mol. The zero-order valence-corrected chi connectivity index (χ0v) is 29.3. The molecule has 0 bridgehead atoms. The van der Waals surface area contributed by atoms with Gasteiger partial charge < -0.3 is 16.5 Å². The molecule has 1 aromatic carbocycles. The van der Waals surface area contributed by atoms with Gasteiger partial charge in [0.25, 0.3) is 0 Å². The first-order valence-electron chi connectivity index (χ1n) is 13.6. The molecule has 0 aromatic heterocycles. The van der Waals surface area contributed by atoms with Crippen molar-refractivity contribution in [2.24, 2.45) is 0 Å². The van der Waals surface area contributed by atoms with Crippen molar-refractivity contribution in [2.75, 3.05) is 0 Å². The van der Waals surface area contributed by atoms with Gasteiger partial charge in [-0.05, 0) is 63.9 Å². The van der Waals surface area contributed by atoms with Gasteiger partial charge in [0.2, 0.25) is 0 Å². The summed E-state index contributed by atoms with van der Waals surface area (Å²) in [6, 6.07) is 10.5. The second kappa shape index (κ2) is 12.4. The van der Waals surface area contributed by atoms with Crippen LogP contribution >= 0.6 is 0 Å². The lowest BCUT2D eigenvalue weighted by atomic mass is 10.2. The topological polar surface area (TPSA) is 36.9 Å². The Morgan fingerprint density at radius 2 is 1.16 bits per heavy atom. The van der Waals surface area contributed by atoms with Crippen molar-refractivity contribution in [1.29, 1.82) is 0 Å². The van der Waals surface area contributed by atoms with Crippen molar-refractivity contribution in [3.05, 3.63) is 103 Å². The van der Waals surface area contributed by atoms with Crippen molar-refractivity contribution >= 4 is 47.5 Å². The van der Waals surface area contributed by atoms with Crippen LogP contribution in [-0.4, -0.2) is 42.3 Å². The Kier molecular flexibility index (Phi) is 10.2. The van der Waals surface area contributed by atoms with Crippen molar-refractivity contribution in [3.63, 3.8) is 0 Å². The van der Waals surface area contributed by atoms with E-state index in [2.05, 4.69) is 132 Å². The Labute approximate surface area is 236 Å². The summed E-state index contributed by atoms with van der Waals surface area (Å²) in [4.78, 5) is 0. The summed E-state index contributed by atoms with van der Waals surface area (Å²) in [5, 5.41) is 1.10. The van der Waals surface area contributed by atoms with E-state index in [1.165, 1.54) is 0 Å². The second-order valence-electron chi connectivity index (χ2n) is 11.8. The van der Waals surface area contributed by atoms with E-state index < -0.39 is 42.3 Å². The maximum absolute atomic E-state index is 7.71. The van der Waals surface area contributed by atoms with Crippen molar-refractivity contribution < 1.29 is 16.5 Å². The number of rotatable bonds is 13. The van der Waals surface area contributed by atoms with Crippen LogP contribution in [0.2, 0.25) is 56.9 Å². The highest BCUT2D eigenvalue weighted by atomic mass is 28.5. The molecule has 0 aliphatic heterocycles. The number of hydrogen-bond acceptors (Lipinski definition) is 4. The molecule has 0 amide bonds. The fraction of sp³-hybridized carbons (Fsp3) is 0.379. The highest BCUT2D eigenvalue weighted by Gasteiger charge is 2.58. The maximum Gasteiger partial charge on any atom is 0.351 e. The molecule has 3 atom stereocenters. The lowest BCUT2D eigenvalue weighted by Crippen LogP contribution is -2.68. The Morgan fingerprint density at radius 1 is 0.658 bits per heavy atom. The normalized spacial score (nSPS) is 23.0. The van der Waals surface area contributed by atoms with E-state index in [4.69, 9.17) is 16.5 Å². The van der Waals surface area contributed by atoms with Gasteiger partial charge in [-0.2, -0.15) is 0 Å².